The van der Waals surface area contributed by atoms with Crippen LogP contribution < -0.4 is 9.47 Å². The van der Waals surface area contributed by atoms with E-state index in [0.717, 1.165) is 47.9 Å². The van der Waals surface area contributed by atoms with Crippen LogP contribution in [0.2, 0.25) is 0 Å². The first-order valence-electron chi connectivity index (χ1n) is 20.0. The van der Waals surface area contributed by atoms with Crippen LogP contribution in [-0.4, -0.2) is 109 Å². The summed E-state index contributed by atoms with van der Waals surface area (Å²) in [5, 5.41) is 16.9. The summed E-state index contributed by atoms with van der Waals surface area (Å²) in [4.78, 5) is 14.8. The average molecular weight is 1160 g/mol. The van der Waals surface area contributed by atoms with Crippen molar-refractivity contribution in [1.82, 2.24) is 19.9 Å². The van der Waals surface area contributed by atoms with Gasteiger partial charge in [-0.3, -0.25) is 27.5 Å². The quantitative estimate of drug-likeness (QED) is 0.0429. The molecule has 0 bridgehead atoms. The largest absolute Gasteiger partial charge is 0.491 e. The van der Waals surface area contributed by atoms with Crippen molar-refractivity contribution in [2.45, 2.75) is 12.4 Å². The third-order valence-corrected chi connectivity index (χ3v) is 7.92. The Morgan fingerprint density at radius 1 is 0.464 bits per heavy atom. The minimum absolute atomic E-state index is 0. The first-order chi connectivity index (χ1) is 32.6. The number of halogens is 10. The molecule has 4 heterocycles. The molecular formula is C46H44F10IrN4O8-2. The van der Waals surface area contributed by atoms with E-state index in [4.69, 9.17) is 38.6 Å². The van der Waals surface area contributed by atoms with E-state index in [2.05, 4.69) is 32.1 Å². The Hall–Kier alpha value is -5.65. The van der Waals surface area contributed by atoms with Crippen LogP contribution in [0.4, 0.5) is 43.9 Å². The maximum absolute atomic E-state index is 13.3. The van der Waals surface area contributed by atoms with Crippen LogP contribution in [0, 0.1) is 35.4 Å². The second kappa shape index (κ2) is 33.0. The van der Waals surface area contributed by atoms with E-state index in [1.54, 1.807) is 49.1 Å². The maximum atomic E-state index is 13.3. The van der Waals surface area contributed by atoms with Crippen molar-refractivity contribution < 1.29 is 103 Å². The maximum Gasteiger partial charge on any atom is 0.417 e. The van der Waals surface area contributed by atoms with Gasteiger partial charge in [-0.15, -0.1) is 24.3 Å². The third kappa shape index (κ3) is 24.5. The van der Waals surface area contributed by atoms with Crippen LogP contribution in [0.5, 0.6) is 11.5 Å². The van der Waals surface area contributed by atoms with Gasteiger partial charge in [0.15, 0.2) is 0 Å². The number of aliphatic hydroxyl groups is 2. The second-order valence-electron chi connectivity index (χ2n) is 12.9. The summed E-state index contributed by atoms with van der Waals surface area (Å²) in [6, 6.07) is 18.3. The molecule has 0 spiro atoms. The predicted molar refractivity (Wildman–Crippen MR) is 224 cm³/mol. The fourth-order valence-corrected chi connectivity index (χ4v) is 4.78. The predicted octanol–water partition coefficient (Wildman–Crippen LogP) is 8.66. The summed E-state index contributed by atoms with van der Waals surface area (Å²) in [5.41, 5.74) is -2.31. The van der Waals surface area contributed by atoms with E-state index in [1.807, 2.05) is 0 Å². The normalized spacial score (nSPS) is 10.8. The summed E-state index contributed by atoms with van der Waals surface area (Å²) in [5.74, 6) is -1.92. The van der Waals surface area contributed by atoms with E-state index < -0.39 is 46.7 Å². The van der Waals surface area contributed by atoms with Gasteiger partial charge in [-0.05, 0) is 35.7 Å². The van der Waals surface area contributed by atoms with Gasteiger partial charge in [0.05, 0.1) is 77.2 Å². The topological polar surface area (TPSA) is 147 Å². The van der Waals surface area contributed by atoms with Crippen LogP contribution in [-0.2, 0) is 51.4 Å². The standard InChI is InChI=1S/2C12H5F5N.2C11H17NO4.Ir/c2*13-8-2-3-9(10(14)5-8)11-4-1-7(6-18-11)12(15,16)17;2*13-5-6-14-7-8-15-9-10-16-11-1-3-12-4-2-11;/h2*1-2,4-6H;2*1-4,13H,5-10H2;/q2*-1;;;. The summed E-state index contributed by atoms with van der Waals surface area (Å²) >= 11 is 0. The van der Waals surface area contributed by atoms with Crippen LogP contribution in [0.1, 0.15) is 11.1 Å². The molecule has 12 nitrogen and oxygen atoms in total. The van der Waals surface area contributed by atoms with Crippen molar-refractivity contribution in [2.75, 3.05) is 79.3 Å². The van der Waals surface area contributed by atoms with E-state index in [9.17, 15) is 43.9 Å². The summed E-state index contributed by atoms with van der Waals surface area (Å²) in [6.45, 7) is 4.87. The molecule has 377 valence electrons. The van der Waals surface area contributed by atoms with Gasteiger partial charge in [0, 0.05) is 80.6 Å². The zero-order valence-electron chi connectivity index (χ0n) is 36.1. The Morgan fingerprint density at radius 2 is 0.797 bits per heavy atom. The number of aliphatic hydroxyl groups excluding tert-OH is 2. The van der Waals surface area contributed by atoms with E-state index in [0.29, 0.717) is 90.6 Å². The van der Waals surface area contributed by atoms with Crippen LogP contribution in [0.3, 0.4) is 0 Å². The Kier molecular flexibility index (Phi) is 28.4. The molecule has 6 rings (SSSR count). The number of benzene rings is 2. The summed E-state index contributed by atoms with van der Waals surface area (Å²) in [6.07, 6.45) is -1.11. The molecule has 0 atom stereocenters. The monoisotopic (exact) mass is 1160 g/mol. The number of pyridine rings is 4. The number of hydrogen-bond donors (Lipinski definition) is 2. The summed E-state index contributed by atoms with van der Waals surface area (Å²) in [7, 11) is 0. The number of alkyl halides is 6. The van der Waals surface area contributed by atoms with Gasteiger partial charge >= 0.3 is 12.4 Å². The number of nitrogens with zero attached hydrogens (tertiary/aromatic N) is 4. The second-order valence-corrected chi connectivity index (χ2v) is 12.9. The van der Waals surface area contributed by atoms with Gasteiger partial charge in [-0.2, -0.15) is 26.3 Å². The number of hydrogen-bond acceptors (Lipinski definition) is 12. The number of ether oxygens (including phenoxy) is 6. The molecule has 0 saturated heterocycles. The number of rotatable bonds is 20. The molecule has 1 radical (unpaired) electrons. The molecule has 0 aliphatic rings. The molecule has 69 heavy (non-hydrogen) atoms. The van der Waals surface area contributed by atoms with E-state index >= 15 is 0 Å². The van der Waals surface area contributed by atoms with E-state index in [1.165, 1.54) is 0 Å². The zero-order chi connectivity index (χ0) is 49.6. The van der Waals surface area contributed by atoms with Crippen LogP contribution >= 0.6 is 0 Å². The van der Waals surface area contributed by atoms with E-state index in [-0.39, 0.29) is 55.8 Å². The molecule has 2 N–H and O–H groups in total. The van der Waals surface area contributed by atoms with Gasteiger partial charge in [0.2, 0.25) is 0 Å². The summed E-state index contributed by atoms with van der Waals surface area (Å²) < 4.78 is 157. The van der Waals surface area contributed by atoms with Crippen molar-refractivity contribution in [3.63, 3.8) is 0 Å². The minimum Gasteiger partial charge on any atom is -0.491 e. The molecule has 0 aliphatic carbocycles. The average Bonchev–Trinajstić information content (AvgIpc) is 3.32. The van der Waals surface area contributed by atoms with Crippen LogP contribution in [0.15, 0.2) is 110 Å². The van der Waals surface area contributed by atoms with Gasteiger partial charge in [0.1, 0.15) is 24.7 Å². The smallest absolute Gasteiger partial charge is 0.417 e. The third-order valence-electron chi connectivity index (χ3n) is 7.92. The fourth-order valence-electron chi connectivity index (χ4n) is 4.78. The minimum atomic E-state index is -4.50. The molecule has 0 amide bonds. The molecular weight excluding hydrogens is 1120 g/mol. The van der Waals surface area contributed by atoms with Gasteiger partial charge in [-0.25, -0.2) is 0 Å². The Balaban J connectivity index is 0.000000315. The van der Waals surface area contributed by atoms with Crippen molar-refractivity contribution >= 4 is 0 Å². The molecule has 0 unspecified atom stereocenters. The molecule has 0 fully saturated rings. The Labute approximate surface area is 403 Å². The van der Waals surface area contributed by atoms with Gasteiger partial charge in [-0.1, -0.05) is 47.5 Å². The molecule has 6 aromatic rings. The van der Waals surface area contributed by atoms with Gasteiger partial charge < -0.3 is 48.6 Å². The molecule has 4 aromatic heterocycles. The van der Waals surface area contributed by atoms with Crippen molar-refractivity contribution in [3.05, 3.63) is 157 Å². The van der Waals surface area contributed by atoms with Crippen molar-refractivity contribution in [3.8, 4) is 34.0 Å². The van der Waals surface area contributed by atoms with Crippen LogP contribution in [0.25, 0.3) is 22.5 Å². The zero-order valence-corrected chi connectivity index (χ0v) is 38.5. The molecule has 23 heteroatoms. The molecule has 0 aliphatic heterocycles. The first-order valence-corrected chi connectivity index (χ1v) is 20.0. The molecule has 0 saturated carbocycles. The Bertz CT molecular complexity index is 2110. The fraction of sp³-hybridized carbons (Fsp3) is 0.304. The SMILES string of the molecule is Fc1c[c-]c(-c2ccc(C(F)(F)F)cn2)c(F)c1.Fc1c[c-]c(-c2ccc(C(F)(F)F)cn2)c(F)c1.OCCOCCOCCOc1ccncc1.OCCOCCOCCOc1ccncc1.[Ir]. The Morgan fingerprint density at radius 3 is 1.09 bits per heavy atom. The van der Waals surface area contributed by atoms with Crippen molar-refractivity contribution in [1.29, 1.82) is 0 Å². The van der Waals surface area contributed by atoms with Gasteiger partial charge in [0.25, 0.3) is 0 Å². The molecule has 2 aromatic carbocycles. The van der Waals surface area contributed by atoms with Crippen molar-refractivity contribution in [2.24, 2.45) is 0 Å². The number of aromatic nitrogens is 4. The first kappa shape index (κ1) is 59.5.